The van der Waals surface area contributed by atoms with Crippen LogP contribution in [0, 0.1) is 12.7 Å². The van der Waals surface area contributed by atoms with Gasteiger partial charge in [-0.2, -0.15) is 0 Å². The molecule has 1 N–H and O–H groups in total. The van der Waals surface area contributed by atoms with Crippen LogP contribution in [0.2, 0.25) is 0 Å². The largest absolute Gasteiger partial charge is 0.354 e. The van der Waals surface area contributed by atoms with E-state index in [0.29, 0.717) is 18.5 Å². The van der Waals surface area contributed by atoms with Gasteiger partial charge in [-0.15, -0.1) is 0 Å². The zero-order valence-corrected chi connectivity index (χ0v) is 16.9. The van der Waals surface area contributed by atoms with Gasteiger partial charge in [0.1, 0.15) is 11.9 Å². The van der Waals surface area contributed by atoms with Crippen LogP contribution in [-0.2, 0) is 22.6 Å². The number of aryl methyl sites for hydroxylation is 2. The molecule has 5 heteroatoms. The number of hydrogen-bond acceptors (Lipinski definition) is 2. The summed E-state index contributed by atoms with van der Waals surface area (Å²) in [5.74, 6) is -0.759. The quantitative estimate of drug-likeness (QED) is 0.710. The number of benzene rings is 2. The topological polar surface area (TPSA) is 49.4 Å². The molecule has 0 radical (unpaired) electrons. The minimum Gasteiger partial charge on any atom is -0.354 e. The van der Waals surface area contributed by atoms with E-state index in [1.165, 1.54) is 11.0 Å². The highest BCUT2D eigenvalue weighted by molar-refractivity contribution is 5.87. The van der Waals surface area contributed by atoms with E-state index >= 15 is 0 Å². The first-order valence-corrected chi connectivity index (χ1v) is 9.78. The maximum atomic E-state index is 14.1. The van der Waals surface area contributed by atoms with Gasteiger partial charge in [0, 0.05) is 25.1 Å². The van der Waals surface area contributed by atoms with Crippen molar-refractivity contribution in [3.05, 3.63) is 71.0 Å². The second kappa shape index (κ2) is 10.6. The Hall–Kier alpha value is -2.69. The highest BCUT2D eigenvalue weighted by Gasteiger charge is 2.26. The summed E-state index contributed by atoms with van der Waals surface area (Å²) in [5.41, 5.74) is 2.63. The van der Waals surface area contributed by atoms with Crippen LogP contribution in [0.4, 0.5) is 4.39 Å². The van der Waals surface area contributed by atoms with Crippen LogP contribution in [-0.4, -0.2) is 29.3 Å². The van der Waals surface area contributed by atoms with Gasteiger partial charge in [0.15, 0.2) is 0 Å². The molecule has 2 rings (SSSR count). The van der Waals surface area contributed by atoms with E-state index in [-0.39, 0.29) is 30.6 Å². The van der Waals surface area contributed by atoms with E-state index in [9.17, 15) is 14.0 Å². The number of carbonyl (C=O) groups excluding carboxylic acids is 2. The Morgan fingerprint density at radius 3 is 2.43 bits per heavy atom. The van der Waals surface area contributed by atoms with E-state index < -0.39 is 6.04 Å². The third-order valence-electron chi connectivity index (χ3n) is 4.76. The van der Waals surface area contributed by atoms with Crippen LogP contribution in [0.15, 0.2) is 48.5 Å². The lowest BCUT2D eigenvalue weighted by atomic mass is 10.1. The van der Waals surface area contributed by atoms with Gasteiger partial charge in [-0.05, 0) is 38.3 Å². The predicted octanol–water partition coefficient (Wildman–Crippen LogP) is 4.01. The minimum absolute atomic E-state index is 0.0696. The summed E-state index contributed by atoms with van der Waals surface area (Å²) < 4.78 is 14.1. The van der Waals surface area contributed by atoms with Crippen molar-refractivity contribution in [2.75, 3.05) is 6.54 Å². The van der Waals surface area contributed by atoms with Crippen molar-refractivity contribution in [1.82, 2.24) is 10.2 Å². The summed E-state index contributed by atoms with van der Waals surface area (Å²) in [7, 11) is 0. The molecule has 0 saturated carbocycles. The van der Waals surface area contributed by atoms with Crippen LogP contribution in [0.25, 0.3) is 0 Å². The molecule has 0 aliphatic carbocycles. The normalized spacial score (nSPS) is 11.7. The van der Waals surface area contributed by atoms with Crippen molar-refractivity contribution >= 4 is 11.8 Å². The molecule has 0 spiro atoms. The zero-order valence-electron chi connectivity index (χ0n) is 16.9. The standard InChI is InChI=1S/C23H29FN2O2/c1-4-15-25-23(28)18(3)26(16-20-7-5-6-8-21(20)24)22(27)14-13-19-11-9-17(2)10-12-19/h5-12,18H,4,13-16H2,1-3H3,(H,25,28)/t18-/m0/s1. The summed E-state index contributed by atoms with van der Waals surface area (Å²) in [4.78, 5) is 26.8. The average Bonchev–Trinajstić information content (AvgIpc) is 2.70. The van der Waals surface area contributed by atoms with Crippen LogP contribution in [0.1, 0.15) is 43.4 Å². The number of amides is 2. The van der Waals surface area contributed by atoms with Crippen LogP contribution >= 0.6 is 0 Å². The minimum atomic E-state index is -0.670. The van der Waals surface area contributed by atoms with E-state index in [0.717, 1.165) is 17.5 Å². The Morgan fingerprint density at radius 1 is 1.11 bits per heavy atom. The smallest absolute Gasteiger partial charge is 0.242 e. The fraction of sp³-hybridized carbons (Fsp3) is 0.391. The molecule has 0 unspecified atom stereocenters. The maximum Gasteiger partial charge on any atom is 0.242 e. The highest BCUT2D eigenvalue weighted by Crippen LogP contribution is 2.15. The molecule has 150 valence electrons. The Bertz CT molecular complexity index is 789. The van der Waals surface area contributed by atoms with Gasteiger partial charge in [-0.3, -0.25) is 9.59 Å². The second-order valence-corrected chi connectivity index (χ2v) is 7.07. The molecular formula is C23H29FN2O2. The van der Waals surface area contributed by atoms with E-state index in [4.69, 9.17) is 0 Å². The van der Waals surface area contributed by atoms with E-state index in [2.05, 4.69) is 5.32 Å². The maximum absolute atomic E-state index is 14.1. The Balaban J connectivity index is 2.13. The fourth-order valence-corrected chi connectivity index (χ4v) is 2.94. The molecule has 0 aromatic heterocycles. The van der Waals surface area contributed by atoms with E-state index in [1.54, 1.807) is 25.1 Å². The van der Waals surface area contributed by atoms with Crippen LogP contribution in [0.5, 0.6) is 0 Å². The second-order valence-electron chi connectivity index (χ2n) is 7.07. The number of carbonyl (C=O) groups is 2. The molecule has 2 aromatic rings. The van der Waals surface area contributed by atoms with Gasteiger partial charge in [-0.1, -0.05) is 55.0 Å². The SMILES string of the molecule is CCCNC(=O)[C@H](C)N(Cc1ccccc1F)C(=O)CCc1ccc(C)cc1. The molecule has 2 amide bonds. The average molecular weight is 384 g/mol. The van der Waals surface area contributed by atoms with Gasteiger partial charge in [0.05, 0.1) is 0 Å². The van der Waals surface area contributed by atoms with Crippen molar-refractivity contribution in [3.8, 4) is 0 Å². The Labute approximate surface area is 166 Å². The summed E-state index contributed by atoms with van der Waals surface area (Å²) >= 11 is 0. The molecule has 1 atom stereocenters. The highest BCUT2D eigenvalue weighted by atomic mass is 19.1. The Morgan fingerprint density at radius 2 is 1.79 bits per heavy atom. The number of nitrogens with one attached hydrogen (secondary N) is 1. The first-order valence-electron chi connectivity index (χ1n) is 9.78. The lowest BCUT2D eigenvalue weighted by molar-refractivity contribution is -0.140. The molecule has 4 nitrogen and oxygen atoms in total. The van der Waals surface area contributed by atoms with Crippen LogP contribution < -0.4 is 5.32 Å². The van der Waals surface area contributed by atoms with Crippen molar-refractivity contribution in [2.45, 2.75) is 52.6 Å². The summed E-state index contributed by atoms with van der Waals surface area (Å²) in [6.07, 6.45) is 1.66. The number of hydrogen-bond donors (Lipinski definition) is 1. The van der Waals surface area contributed by atoms with Crippen molar-refractivity contribution in [2.24, 2.45) is 0 Å². The van der Waals surface area contributed by atoms with Crippen molar-refractivity contribution in [1.29, 1.82) is 0 Å². The number of rotatable bonds is 9. The van der Waals surface area contributed by atoms with Crippen molar-refractivity contribution in [3.63, 3.8) is 0 Å². The molecule has 2 aromatic carbocycles. The predicted molar refractivity (Wildman–Crippen MR) is 109 cm³/mol. The van der Waals surface area contributed by atoms with Crippen molar-refractivity contribution < 1.29 is 14.0 Å². The first kappa shape index (κ1) is 21.6. The molecule has 0 aliphatic heterocycles. The summed E-state index contributed by atoms with van der Waals surface area (Å²) in [6.45, 7) is 6.29. The molecular weight excluding hydrogens is 355 g/mol. The molecule has 0 aliphatic rings. The third kappa shape index (κ3) is 6.19. The molecule has 0 saturated heterocycles. The number of nitrogens with zero attached hydrogens (tertiary/aromatic N) is 1. The van der Waals surface area contributed by atoms with Gasteiger partial charge in [-0.25, -0.2) is 4.39 Å². The molecule has 0 bridgehead atoms. The van der Waals surface area contributed by atoms with Gasteiger partial charge in [0.2, 0.25) is 11.8 Å². The summed E-state index contributed by atoms with van der Waals surface area (Å²) in [5, 5.41) is 2.82. The summed E-state index contributed by atoms with van der Waals surface area (Å²) in [6, 6.07) is 13.7. The zero-order chi connectivity index (χ0) is 20.5. The third-order valence-corrected chi connectivity index (χ3v) is 4.76. The van der Waals surface area contributed by atoms with Gasteiger partial charge >= 0.3 is 0 Å². The van der Waals surface area contributed by atoms with Crippen LogP contribution in [0.3, 0.4) is 0 Å². The van der Waals surface area contributed by atoms with Gasteiger partial charge < -0.3 is 10.2 Å². The van der Waals surface area contributed by atoms with E-state index in [1.807, 2.05) is 38.1 Å². The first-order chi connectivity index (χ1) is 13.4. The van der Waals surface area contributed by atoms with Gasteiger partial charge in [0.25, 0.3) is 0 Å². The molecule has 0 fully saturated rings. The molecule has 28 heavy (non-hydrogen) atoms. The lowest BCUT2D eigenvalue weighted by Crippen LogP contribution is -2.47. The number of halogens is 1. The Kier molecular flexibility index (Phi) is 8.18. The fourth-order valence-electron chi connectivity index (χ4n) is 2.94. The monoisotopic (exact) mass is 384 g/mol. The lowest BCUT2D eigenvalue weighted by Gasteiger charge is -2.29. The molecule has 0 heterocycles.